The molecule has 0 saturated carbocycles. The molecule has 11 heavy (non-hydrogen) atoms. The summed E-state index contributed by atoms with van der Waals surface area (Å²) in [5.74, 6) is -0.577. The zero-order valence-electron chi connectivity index (χ0n) is 5.87. The first-order valence-electron chi connectivity index (χ1n) is 3.23. The fraction of sp³-hybridized carbons (Fsp3) is 0.286. The van der Waals surface area contributed by atoms with E-state index in [1.807, 2.05) is 0 Å². The highest BCUT2D eigenvalue weighted by atomic mass is 19.1. The van der Waals surface area contributed by atoms with Crippen LogP contribution in [0.4, 0.5) is 4.39 Å². The van der Waals surface area contributed by atoms with Crippen LogP contribution >= 0.6 is 0 Å². The number of hydrogen-bond donors (Lipinski definition) is 2. The van der Waals surface area contributed by atoms with E-state index in [0.717, 1.165) is 0 Å². The van der Waals surface area contributed by atoms with Crippen LogP contribution in [0, 0.1) is 5.95 Å². The van der Waals surface area contributed by atoms with E-state index in [-0.39, 0.29) is 6.61 Å². The molecule has 1 aromatic rings. The molecular formula is C7H9FN2O. The molecule has 1 aromatic heterocycles. The summed E-state index contributed by atoms with van der Waals surface area (Å²) < 4.78 is 12.4. The van der Waals surface area contributed by atoms with Crippen molar-refractivity contribution in [3.63, 3.8) is 0 Å². The van der Waals surface area contributed by atoms with Crippen LogP contribution in [0.2, 0.25) is 0 Å². The third-order valence-corrected chi connectivity index (χ3v) is 1.31. The van der Waals surface area contributed by atoms with Crippen molar-refractivity contribution in [2.45, 2.75) is 6.04 Å². The number of nitrogens with two attached hydrogens (primary N) is 1. The molecule has 0 aromatic carbocycles. The molecule has 0 amide bonds. The van der Waals surface area contributed by atoms with Gasteiger partial charge in [0.05, 0.1) is 18.3 Å². The van der Waals surface area contributed by atoms with Gasteiger partial charge in [0.2, 0.25) is 5.95 Å². The van der Waals surface area contributed by atoms with Crippen LogP contribution in [-0.4, -0.2) is 16.7 Å². The first-order valence-corrected chi connectivity index (χ1v) is 3.23. The Morgan fingerprint density at radius 2 is 2.36 bits per heavy atom. The molecule has 0 aliphatic heterocycles. The Morgan fingerprint density at radius 3 is 2.91 bits per heavy atom. The lowest BCUT2D eigenvalue weighted by Crippen LogP contribution is -2.16. The average molecular weight is 156 g/mol. The van der Waals surface area contributed by atoms with Crippen molar-refractivity contribution in [3.8, 4) is 0 Å². The van der Waals surface area contributed by atoms with Gasteiger partial charge in [0.1, 0.15) is 0 Å². The van der Waals surface area contributed by atoms with E-state index < -0.39 is 12.0 Å². The molecule has 0 bridgehead atoms. The van der Waals surface area contributed by atoms with E-state index in [1.54, 1.807) is 6.07 Å². The van der Waals surface area contributed by atoms with Crippen molar-refractivity contribution in [1.29, 1.82) is 0 Å². The number of aliphatic hydroxyl groups excluding tert-OH is 1. The third-order valence-electron chi connectivity index (χ3n) is 1.31. The van der Waals surface area contributed by atoms with Gasteiger partial charge in [-0.05, 0) is 12.1 Å². The second kappa shape index (κ2) is 3.41. The van der Waals surface area contributed by atoms with E-state index in [9.17, 15) is 4.39 Å². The van der Waals surface area contributed by atoms with Gasteiger partial charge in [-0.3, -0.25) is 0 Å². The van der Waals surface area contributed by atoms with Crippen molar-refractivity contribution in [3.05, 3.63) is 29.8 Å². The van der Waals surface area contributed by atoms with Gasteiger partial charge in [-0.1, -0.05) is 6.07 Å². The summed E-state index contributed by atoms with van der Waals surface area (Å²) in [5, 5.41) is 8.59. The summed E-state index contributed by atoms with van der Waals surface area (Å²) in [5.41, 5.74) is 5.75. The number of rotatable bonds is 2. The zero-order valence-corrected chi connectivity index (χ0v) is 5.87. The van der Waals surface area contributed by atoms with Gasteiger partial charge in [-0.25, -0.2) is 4.98 Å². The molecule has 0 aliphatic carbocycles. The van der Waals surface area contributed by atoms with Crippen LogP contribution < -0.4 is 5.73 Å². The molecule has 0 radical (unpaired) electrons. The van der Waals surface area contributed by atoms with Gasteiger partial charge in [0.25, 0.3) is 0 Å². The third kappa shape index (κ3) is 1.96. The van der Waals surface area contributed by atoms with Crippen molar-refractivity contribution in [1.82, 2.24) is 4.98 Å². The molecule has 1 atom stereocenters. The topological polar surface area (TPSA) is 59.1 Å². The number of hydrogen-bond acceptors (Lipinski definition) is 3. The summed E-state index contributed by atoms with van der Waals surface area (Å²) in [6.45, 7) is -0.226. The lowest BCUT2D eigenvalue weighted by molar-refractivity contribution is 0.265. The maximum Gasteiger partial charge on any atom is 0.213 e. The largest absolute Gasteiger partial charge is 0.394 e. The Kier molecular flexibility index (Phi) is 2.51. The van der Waals surface area contributed by atoms with Crippen LogP contribution in [0.3, 0.4) is 0 Å². The number of aromatic nitrogens is 1. The first kappa shape index (κ1) is 8.10. The molecule has 0 aliphatic rings. The minimum absolute atomic E-state index is 0.226. The summed E-state index contributed by atoms with van der Waals surface area (Å²) in [6, 6.07) is 3.72. The molecule has 1 unspecified atom stereocenters. The summed E-state index contributed by atoms with van der Waals surface area (Å²) in [7, 11) is 0. The van der Waals surface area contributed by atoms with Crippen molar-refractivity contribution in [2.24, 2.45) is 5.73 Å². The van der Waals surface area contributed by atoms with Crippen LogP contribution in [0.15, 0.2) is 18.2 Å². The van der Waals surface area contributed by atoms with E-state index in [4.69, 9.17) is 10.8 Å². The van der Waals surface area contributed by atoms with Crippen molar-refractivity contribution < 1.29 is 9.50 Å². The second-order valence-electron chi connectivity index (χ2n) is 2.17. The van der Waals surface area contributed by atoms with Gasteiger partial charge in [-0.15, -0.1) is 0 Å². The van der Waals surface area contributed by atoms with Gasteiger partial charge < -0.3 is 10.8 Å². The van der Waals surface area contributed by atoms with Crippen LogP contribution in [-0.2, 0) is 0 Å². The minimum Gasteiger partial charge on any atom is -0.394 e. The summed E-state index contributed by atoms with van der Waals surface area (Å²) >= 11 is 0. The molecule has 0 fully saturated rings. The average Bonchev–Trinajstić information content (AvgIpc) is 2.03. The molecule has 1 rings (SSSR count). The van der Waals surface area contributed by atoms with E-state index in [1.165, 1.54) is 12.1 Å². The van der Waals surface area contributed by atoms with Gasteiger partial charge in [0, 0.05) is 0 Å². The van der Waals surface area contributed by atoms with Crippen molar-refractivity contribution in [2.75, 3.05) is 6.61 Å². The maximum atomic E-state index is 12.4. The number of pyridine rings is 1. The quantitative estimate of drug-likeness (QED) is 0.602. The predicted octanol–water partition coefficient (Wildman–Crippen LogP) is 0.213. The maximum absolute atomic E-state index is 12.4. The Balaban J connectivity index is 2.86. The smallest absolute Gasteiger partial charge is 0.213 e. The standard InChI is InChI=1S/C7H9FN2O/c8-7-3-1-2-6(10-7)5(9)4-11/h1-3,5,11H,4,9H2. The van der Waals surface area contributed by atoms with Crippen molar-refractivity contribution >= 4 is 0 Å². The van der Waals surface area contributed by atoms with Gasteiger partial charge in [0.15, 0.2) is 0 Å². The summed E-state index contributed by atoms with van der Waals surface area (Å²) in [6.07, 6.45) is 0. The lowest BCUT2D eigenvalue weighted by Gasteiger charge is -2.05. The highest BCUT2D eigenvalue weighted by molar-refractivity contribution is 5.08. The highest BCUT2D eigenvalue weighted by Crippen LogP contribution is 2.05. The van der Waals surface area contributed by atoms with E-state index in [2.05, 4.69) is 4.98 Å². The summed E-state index contributed by atoms with van der Waals surface area (Å²) in [4.78, 5) is 3.49. The normalized spacial score (nSPS) is 13.0. The fourth-order valence-electron chi connectivity index (χ4n) is 0.724. The molecule has 3 N–H and O–H groups in total. The molecule has 60 valence electrons. The lowest BCUT2D eigenvalue weighted by atomic mass is 10.2. The molecule has 0 spiro atoms. The first-order chi connectivity index (χ1) is 5.24. The Bertz CT molecular complexity index is 242. The Morgan fingerprint density at radius 1 is 1.64 bits per heavy atom. The Hall–Kier alpha value is -1.00. The monoisotopic (exact) mass is 156 g/mol. The predicted molar refractivity (Wildman–Crippen MR) is 38.2 cm³/mol. The van der Waals surface area contributed by atoms with Gasteiger partial charge >= 0.3 is 0 Å². The zero-order chi connectivity index (χ0) is 8.27. The number of aliphatic hydroxyl groups is 1. The van der Waals surface area contributed by atoms with E-state index >= 15 is 0 Å². The molecule has 1 heterocycles. The second-order valence-corrected chi connectivity index (χ2v) is 2.17. The van der Waals surface area contributed by atoms with Gasteiger partial charge in [-0.2, -0.15) is 4.39 Å². The fourth-order valence-corrected chi connectivity index (χ4v) is 0.724. The molecular weight excluding hydrogens is 147 g/mol. The van der Waals surface area contributed by atoms with Crippen LogP contribution in [0.5, 0.6) is 0 Å². The molecule has 3 nitrogen and oxygen atoms in total. The minimum atomic E-state index is -0.592. The SMILES string of the molecule is NC(CO)c1cccc(F)n1. The molecule has 0 saturated heterocycles. The highest BCUT2D eigenvalue weighted by Gasteiger charge is 2.05. The number of halogens is 1. The Labute approximate surface area is 63.7 Å². The van der Waals surface area contributed by atoms with Crippen LogP contribution in [0.25, 0.3) is 0 Å². The van der Waals surface area contributed by atoms with E-state index in [0.29, 0.717) is 5.69 Å². The number of nitrogens with zero attached hydrogens (tertiary/aromatic N) is 1. The van der Waals surface area contributed by atoms with Crippen LogP contribution in [0.1, 0.15) is 11.7 Å². The molecule has 4 heteroatoms.